The smallest absolute Gasteiger partial charge is 0.264 e. The third kappa shape index (κ3) is 4.17. The minimum Gasteiger partial charge on any atom is -0.349 e. The molecule has 0 unspecified atom stereocenters. The zero-order valence-corrected chi connectivity index (χ0v) is 18.6. The molecule has 1 aliphatic carbocycles. The third-order valence-electron chi connectivity index (χ3n) is 6.22. The first-order chi connectivity index (χ1) is 14.4. The van der Waals surface area contributed by atoms with Crippen molar-refractivity contribution in [3.8, 4) is 0 Å². The van der Waals surface area contributed by atoms with Gasteiger partial charge in [-0.1, -0.05) is 55.8 Å². The van der Waals surface area contributed by atoms with E-state index in [1.165, 1.54) is 31.0 Å². The van der Waals surface area contributed by atoms with E-state index in [1.54, 1.807) is 11.9 Å². The monoisotopic (exact) mass is 420 g/mol. The van der Waals surface area contributed by atoms with Gasteiger partial charge in [0.2, 0.25) is 0 Å². The lowest BCUT2D eigenvalue weighted by molar-refractivity contribution is -0.114. The van der Waals surface area contributed by atoms with Gasteiger partial charge >= 0.3 is 0 Å². The Labute approximate surface area is 182 Å². The third-order valence-corrected chi connectivity index (χ3v) is 7.30. The zero-order chi connectivity index (χ0) is 21.3. The molecular formula is C25H28N2O2S. The summed E-state index contributed by atoms with van der Waals surface area (Å²) < 4.78 is 0. The molecule has 1 saturated carbocycles. The van der Waals surface area contributed by atoms with Crippen LogP contribution in [0.5, 0.6) is 0 Å². The SMILES string of the molecule is Cc1ccccc1/C=C1\Sc2ccc(C(=O)N[C@@H]3CCCC[C@H]3C)cc2N(C)C1=O. The Hall–Kier alpha value is -2.53. The summed E-state index contributed by atoms with van der Waals surface area (Å²) in [5.41, 5.74) is 3.58. The molecular weight excluding hydrogens is 392 g/mol. The molecule has 0 saturated heterocycles. The van der Waals surface area contributed by atoms with Gasteiger partial charge in [0.25, 0.3) is 11.8 Å². The molecule has 2 amide bonds. The number of carbonyl (C=O) groups excluding carboxylic acids is 2. The Morgan fingerprint density at radius 1 is 1.17 bits per heavy atom. The Balaban J connectivity index is 1.57. The highest BCUT2D eigenvalue weighted by atomic mass is 32.2. The molecule has 5 heteroatoms. The molecule has 1 aliphatic heterocycles. The van der Waals surface area contributed by atoms with E-state index in [1.807, 2.05) is 55.5 Å². The summed E-state index contributed by atoms with van der Waals surface area (Å²) in [6.07, 6.45) is 6.57. The normalized spacial score (nSPS) is 22.7. The predicted octanol–water partition coefficient (Wildman–Crippen LogP) is 5.41. The highest BCUT2D eigenvalue weighted by molar-refractivity contribution is 8.04. The summed E-state index contributed by atoms with van der Waals surface area (Å²) in [7, 11) is 1.78. The van der Waals surface area contributed by atoms with Gasteiger partial charge in [-0.2, -0.15) is 0 Å². The molecule has 1 fully saturated rings. The van der Waals surface area contributed by atoms with Crippen LogP contribution in [-0.2, 0) is 4.79 Å². The van der Waals surface area contributed by atoms with Crippen LogP contribution < -0.4 is 10.2 Å². The van der Waals surface area contributed by atoms with E-state index >= 15 is 0 Å². The number of hydrogen-bond acceptors (Lipinski definition) is 3. The van der Waals surface area contributed by atoms with E-state index in [9.17, 15) is 9.59 Å². The number of fused-ring (bicyclic) bond motifs is 1. The van der Waals surface area contributed by atoms with Crippen LogP contribution in [0, 0.1) is 12.8 Å². The molecule has 2 atom stereocenters. The maximum atomic E-state index is 13.0. The van der Waals surface area contributed by atoms with E-state index in [4.69, 9.17) is 0 Å². The number of nitrogens with one attached hydrogen (secondary N) is 1. The van der Waals surface area contributed by atoms with Gasteiger partial charge in [0.05, 0.1) is 10.6 Å². The van der Waals surface area contributed by atoms with Crippen LogP contribution in [0.25, 0.3) is 6.08 Å². The number of carbonyl (C=O) groups is 2. The van der Waals surface area contributed by atoms with E-state index in [0.717, 1.165) is 28.1 Å². The van der Waals surface area contributed by atoms with Crippen molar-refractivity contribution in [2.24, 2.45) is 5.92 Å². The van der Waals surface area contributed by atoms with Crippen LogP contribution >= 0.6 is 11.8 Å². The first-order valence-corrected chi connectivity index (χ1v) is 11.4. The lowest BCUT2D eigenvalue weighted by Gasteiger charge is -2.30. The fourth-order valence-corrected chi connectivity index (χ4v) is 5.29. The summed E-state index contributed by atoms with van der Waals surface area (Å²) in [6.45, 7) is 4.25. The van der Waals surface area contributed by atoms with Gasteiger partial charge in [0, 0.05) is 23.5 Å². The quantitative estimate of drug-likeness (QED) is 0.675. The number of thioether (sulfide) groups is 1. The number of aryl methyl sites for hydroxylation is 1. The second-order valence-corrected chi connectivity index (χ2v) is 9.44. The fourth-order valence-electron chi connectivity index (χ4n) is 4.21. The standard InChI is InChI=1S/C25H28N2O2S/c1-16-8-4-6-10-18(16)15-23-25(29)27(3)21-14-19(12-13-22(21)30-23)24(28)26-20-11-7-5-9-17(20)2/h4,6,8,10,12-15,17,20H,5,7,9,11H2,1-3H3,(H,26,28)/b23-15-/t17-,20-/m1/s1. The van der Waals surface area contributed by atoms with Crippen molar-refractivity contribution in [2.75, 3.05) is 11.9 Å². The zero-order valence-electron chi connectivity index (χ0n) is 17.8. The van der Waals surface area contributed by atoms with Crippen LogP contribution in [0.15, 0.2) is 52.3 Å². The molecule has 4 rings (SSSR count). The Morgan fingerprint density at radius 3 is 2.70 bits per heavy atom. The minimum absolute atomic E-state index is 0.0470. The van der Waals surface area contributed by atoms with Gasteiger partial charge in [-0.05, 0) is 61.1 Å². The molecule has 0 bridgehead atoms. The van der Waals surface area contributed by atoms with Gasteiger partial charge in [-0.25, -0.2) is 0 Å². The van der Waals surface area contributed by atoms with Gasteiger partial charge in [0.1, 0.15) is 0 Å². The second-order valence-electron chi connectivity index (χ2n) is 8.36. The first-order valence-electron chi connectivity index (χ1n) is 10.6. The van der Waals surface area contributed by atoms with E-state index in [2.05, 4.69) is 12.2 Å². The van der Waals surface area contributed by atoms with Gasteiger partial charge < -0.3 is 10.2 Å². The van der Waals surface area contributed by atoms with E-state index in [-0.39, 0.29) is 17.9 Å². The van der Waals surface area contributed by atoms with Crippen molar-refractivity contribution in [1.29, 1.82) is 0 Å². The summed E-state index contributed by atoms with van der Waals surface area (Å²) >= 11 is 1.47. The van der Waals surface area contributed by atoms with Crippen molar-refractivity contribution in [2.45, 2.75) is 50.5 Å². The summed E-state index contributed by atoms with van der Waals surface area (Å²) in [6, 6.07) is 13.9. The largest absolute Gasteiger partial charge is 0.349 e. The molecule has 1 N–H and O–H groups in total. The first kappa shape index (κ1) is 20.7. The Kier molecular flexibility index (Phi) is 6.00. The van der Waals surface area contributed by atoms with Crippen LogP contribution in [0.2, 0.25) is 0 Å². The number of amides is 2. The average Bonchev–Trinajstić information content (AvgIpc) is 2.74. The van der Waals surface area contributed by atoms with Gasteiger partial charge in [-0.3, -0.25) is 9.59 Å². The van der Waals surface area contributed by atoms with Crippen molar-refractivity contribution < 1.29 is 9.59 Å². The van der Waals surface area contributed by atoms with Crippen molar-refractivity contribution in [3.63, 3.8) is 0 Å². The molecule has 30 heavy (non-hydrogen) atoms. The molecule has 0 radical (unpaired) electrons. The average molecular weight is 421 g/mol. The number of hydrogen-bond donors (Lipinski definition) is 1. The maximum Gasteiger partial charge on any atom is 0.264 e. The van der Waals surface area contributed by atoms with Crippen LogP contribution in [0.3, 0.4) is 0 Å². The number of nitrogens with zero attached hydrogens (tertiary/aromatic N) is 1. The maximum absolute atomic E-state index is 13.0. The van der Waals surface area contributed by atoms with E-state index in [0.29, 0.717) is 16.4 Å². The fraction of sp³-hybridized carbons (Fsp3) is 0.360. The number of benzene rings is 2. The van der Waals surface area contributed by atoms with E-state index < -0.39 is 0 Å². The lowest BCUT2D eigenvalue weighted by Crippen LogP contribution is -2.41. The van der Waals surface area contributed by atoms with Crippen molar-refractivity contribution in [3.05, 3.63) is 64.1 Å². The molecule has 2 aliphatic rings. The molecule has 1 heterocycles. The van der Waals surface area contributed by atoms with Gasteiger partial charge in [0.15, 0.2) is 0 Å². The van der Waals surface area contributed by atoms with Crippen molar-refractivity contribution >= 4 is 35.3 Å². The minimum atomic E-state index is -0.0522. The second kappa shape index (κ2) is 8.68. The highest BCUT2D eigenvalue weighted by Crippen LogP contribution is 2.42. The summed E-state index contributed by atoms with van der Waals surface area (Å²) in [5, 5.41) is 3.20. The molecule has 2 aromatic rings. The molecule has 0 spiro atoms. The lowest BCUT2D eigenvalue weighted by atomic mass is 9.86. The topological polar surface area (TPSA) is 49.4 Å². The van der Waals surface area contributed by atoms with Gasteiger partial charge in [-0.15, -0.1) is 0 Å². The molecule has 4 nitrogen and oxygen atoms in total. The van der Waals surface area contributed by atoms with Crippen LogP contribution in [-0.4, -0.2) is 24.9 Å². The molecule has 0 aromatic heterocycles. The van der Waals surface area contributed by atoms with Crippen molar-refractivity contribution in [1.82, 2.24) is 5.32 Å². The Morgan fingerprint density at radius 2 is 1.93 bits per heavy atom. The van der Waals surface area contributed by atoms with Crippen LogP contribution in [0.4, 0.5) is 5.69 Å². The Bertz CT molecular complexity index is 1010. The number of anilines is 1. The van der Waals surface area contributed by atoms with Crippen LogP contribution in [0.1, 0.15) is 54.1 Å². The predicted molar refractivity (Wildman–Crippen MR) is 124 cm³/mol. The number of likely N-dealkylation sites (N-methyl/N-ethyl adjacent to an activating group) is 1. The number of rotatable bonds is 3. The summed E-state index contributed by atoms with van der Waals surface area (Å²) in [5.74, 6) is 0.409. The summed E-state index contributed by atoms with van der Waals surface area (Å²) in [4.78, 5) is 29.1. The molecule has 156 valence electrons. The highest BCUT2D eigenvalue weighted by Gasteiger charge is 2.28. The molecule has 2 aromatic carbocycles.